The van der Waals surface area contributed by atoms with Gasteiger partial charge in [0.1, 0.15) is 5.75 Å². The van der Waals surface area contributed by atoms with Crippen molar-refractivity contribution >= 4 is 23.4 Å². The quantitative estimate of drug-likeness (QED) is 0.622. The molecule has 0 radical (unpaired) electrons. The summed E-state index contributed by atoms with van der Waals surface area (Å²) in [7, 11) is 0. The van der Waals surface area contributed by atoms with Crippen molar-refractivity contribution in [1.82, 2.24) is 10.6 Å². The lowest BCUT2D eigenvalue weighted by Crippen LogP contribution is -2.33. The van der Waals surface area contributed by atoms with E-state index in [1.165, 1.54) is 6.92 Å². The second-order valence-electron chi connectivity index (χ2n) is 5.70. The summed E-state index contributed by atoms with van der Waals surface area (Å²) in [6.07, 6.45) is 0. The van der Waals surface area contributed by atoms with Crippen LogP contribution in [0.5, 0.6) is 5.75 Å². The molecule has 27 heavy (non-hydrogen) atoms. The number of carbonyl (C=O) groups is 3. The molecule has 0 aliphatic heterocycles. The molecule has 0 spiro atoms. The second kappa shape index (κ2) is 9.96. The lowest BCUT2D eigenvalue weighted by atomic mass is 10.1. The Bertz CT molecular complexity index is 803. The minimum absolute atomic E-state index is 0.143. The summed E-state index contributed by atoms with van der Waals surface area (Å²) in [6.45, 7) is 4.45. The van der Waals surface area contributed by atoms with E-state index >= 15 is 0 Å². The highest BCUT2D eigenvalue weighted by Crippen LogP contribution is 2.20. The highest BCUT2D eigenvalue weighted by Gasteiger charge is 2.12. The normalized spacial score (nSPS) is 10.0. The van der Waals surface area contributed by atoms with Crippen LogP contribution in [-0.4, -0.2) is 37.4 Å². The van der Waals surface area contributed by atoms with Crippen LogP contribution in [0.25, 0.3) is 0 Å². The monoisotopic (exact) mass is 369 g/mol. The standard InChI is InChI=1S/C20H23N3O4/c1-3-27-18-7-5-4-6-17(18)20(26)23-16-10-8-15(9-11-16)19(25)22-13-12-21-14(2)24/h4-11H,3,12-13H2,1-2H3,(H,21,24)(H,22,25)(H,23,26). The van der Waals surface area contributed by atoms with Crippen LogP contribution in [-0.2, 0) is 4.79 Å². The molecule has 7 heteroatoms. The fourth-order valence-corrected chi connectivity index (χ4v) is 2.36. The summed E-state index contributed by atoms with van der Waals surface area (Å²) in [5.41, 5.74) is 1.48. The van der Waals surface area contributed by atoms with Gasteiger partial charge in [-0.1, -0.05) is 12.1 Å². The minimum Gasteiger partial charge on any atom is -0.493 e. The van der Waals surface area contributed by atoms with Gasteiger partial charge < -0.3 is 20.7 Å². The first kappa shape index (κ1) is 20.0. The van der Waals surface area contributed by atoms with Crippen LogP contribution >= 0.6 is 0 Å². The van der Waals surface area contributed by atoms with Gasteiger partial charge in [0.15, 0.2) is 0 Å². The first-order chi connectivity index (χ1) is 13.0. The van der Waals surface area contributed by atoms with E-state index in [-0.39, 0.29) is 17.7 Å². The molecule has 0 heterocycles. The van der Waals surface area contributed by atoms with Crippen molar-refractivity contribution in [3.8, 4) is 5.75 Å². The molecule has 3 amide bonds. The minimum atomic E-state index is -0.286. The van der Waals surface area contributed by atoms with Crippen molar-refractivity contribution in [1.29, 1.82) is 0 Å². The van der Waals surface area contributed by atoms with Crippen LogP contribution in [0.1, 0.15) is 34.6 Å². The van der Waals surface area contributed by atoms with Crippen LogP contribution in [0.15, 0.2) is 48.5 Å². The first-order valence-corrected chi connectivity index (χ1v) is 8.67. The van der Waals surface area contributed by atoms with Crippen molar-refractivity contribution in [2.24, 2.45) is 0 Å². The van der Waals surface area contributed by atoms with Gasteiger partial charge in [0.2, 0.25) is 5.91 Å². The Morgan fingerprint density at radius 1 is 0.889 bits per heavy atom. The summed E-state index contributed by atoms with van der Waals surface area (Å²) >= 11 is 0. The van der Waals surface area contributed by atoms with Crippen molar-refractivity contribution in [3.05, 3.63) is 59.7 Å². The van der Waals surface area contributed by atoms with Gasteiger partial charge in [-0.15, -0.1) is 0 Å². The molecule has 7 nitrogen and oxygen atoms in total. The van der Waals surface area contributed by atoms with Gasteiger partial charge in [-0.2, -0.15) is 0 Å². The Morgan fingerprint density at radius 2 is 1.56 bits per heavy atom. The molecule has 2 aromatic carbocycles. The molecule has 0 fully saturated rings. The van der Waals surface area contributed by atoms with Gasteiger partial charge in [0.05, 0.1) is 12.2 Å². The third-order valence-corrected chi connectivity index (χ3v) is 3.62. The Morgan fingerprint density at radius 3 is 2.22 bits per heavy atom. The van der Waals surface area contributed by atoms with E-state index in [9.17, 15) is 14.4 Å². The molecule has 2 rings (SSSR count). The molecule has 142 valence electrons. The molecule has 0 aliphatic carbocycles. The molecular formula is C20H23N3O4. The maximum Gasteiger partial charge on any atom is 0.259 e. The van der Waals surface area contributed by atoms with Gasteiger partial charge in [-0.25, -0.2) is 0 Å². The maximum absolute atomic E-state index is 12.5. The number of hydrogen-bond acceptors (Lipinski definition) is 4. The Kier molecular flexibility index (Phi) is 7.37. The zero-order valence-electron chi connectivity index (χ0n) is 15.4. The van der Waals surface area contributed by atoms with E-state index in [1.807, 2.05) is 6.92 Å². The molecule has 0 bridgehead atoms. The SMILES string of the molecule is CCOc1ccccc1C(=O)Nc1ccc(C(=O)NCCNC(C)=O)cc1. The van der Waals surface area contributed by atoms with Crippen LogP contribution in [0.4, 0.5) is 5.69 Å². The zero-order chi connectivity index (χ0) is 19.6. The van der Waals surface area contributed by atoms with Gasteiger partial charge in [-0.05, 0) is 43.3 Å². The predicted octanol–water partition coefficient (Wildman–Crippen LogP) is 2.20. The van der Waals surface area contributed by atoms with E-state index in [4.69, 9.17) is 4.74 Å². The lowest BCUT2D eigenvalue weighted by Gasteiger charge is -2.11. The van der Waals surface area contributed by atoms with Crippen LogP contribution in [0.2, 0.25) is 0 Å². The second-order valence-corrected chi connectivity index (χ2v) is 5.70. The molecule has 0 unspecified atom stereocenters. The van der Waals surface area contributed by atoms with E-state index < -0.39 is 0 Å². The topological polar surface area (TPSA) is 96.5 Å². The fourth-order valence-electron chi connectivity index (χ4n) is 2.36. The van der Waals surface area contributed by atoms with Crippen molar-refractivity contribution in [3.63, 3.8) is 0 Å². The van der Waals surface area contributed by atoms with Crippen LogP contribution < -0.4 is 20.7 Å². The molecular weight excluding hydrogens is 346 g/mol. The van der Waals surface area contributed by atoms with E-state index in [1.54, 1.807) is 48.5 Å². The molecule has 0 aliphatic rings. The third kappa shape index (κ3) is 6.14. The fraction of sp³-hybridized carbons (Fsp3) is 0.250. The number of anilines is 1. The van der Waals surface area contributed by atoms with Crippen molar-refractivity contribution in [2.75, 3.05) is 25.0 Å². The molecule has 0 atom stereocenters. The maximum atomic E-state index is 12.5. The molecule has 0 aromatic heterocycles. The molecule has 2 aromatic rings. The summed E-state index contributed by atoms with van der Waals surface area (Å²) in [6, 6.07) is 13.6. The third-order valence-electron chi connectivity index (χ3n) is 3.62. The van der Waals surface area contributed by atoms with Crippen LogP contribution in [0, 0.1) is 0 Å². The average Bonchev–Trinajstić information content (AvgIpc) is 2.66. The number of rotatable bonds is 8. The van der Waals surface area contributed by atoms with Gasteiger partial charge in [-0.3, -0.25) is 14.4 Å². The summed E-state index contributed by atoms with van der Waals surface area (Å²) in [5, 5.41) is 8.09. The van der Waals surface area contributed by atoms with E-state index in [0.29, 0.717) is 42.3 Å². The smallest absolute Gasteiger partial charge is 0.259 e. The number of carbonyl (C=O) groups excluding carboxylic acids is 3. The number of para-hydroxylation sites is 1. The Labute approximate surface area is 158 Å². The molecule has 0 saturated heterocycles. The van der Waals surface area contributed by atoms with Gasteiger partial charge in [0.25, 0.3) is 11.8 Å². The largest absolute Gasteiger partial charge is 0.493 e. The number of hydrogen-bond donors (Lipinski definition) is 3. The average molecular weight is 369 g/mol. The number of ether oxygens (including phenoxy) is 1. The Balaban J connectivity index is 1.94. The van der Waals surface area contributed by atoms with Crippen molar-refractivity contribution in [2.45, 2.75) is 13.8 Å². The van der Waals surface area contributed by atoms with Gasteiger partial charge >= 0.3 is 0 Å². The summed E-state index contributed by atoms with van der Waals surface area (Å²) in [4.78, 5) is 35.3. The lowest BCUT2D eigenvalue weighted by molar-refractivity contribution is -0.118. The summed E-state index contributed by atoms with van der Waals surface area (Å²) in [5.74, 6) is -0.158. The zero-order valence-corrected chi connectivity index (χ0v) is 15.4. The number of nitrogens with one attached hydrogen (secondary N) is 3. The number of amides is 3. The summed E-state index contributed by atoms with van der Waals surface area (Å²) < 4.78 is 5.47. The van der Waals surface area contributed by atoms with Crippen molar-refractivity contribution < 1.29 is 19.1 Å². The van der Waals surface area contributed by atoms with E-state index in [2.05, 4.69) is 16.0 Å². The molecule has 0 saturated carbocycles. The van der Waals surface area contributed by atoms with Gasteiger partial charge in [0, 0.05) is 31.3 Å². The molecule has 3 N–H and O–H groups in total. The number of benzene rings is 2. The predicted molar refractivity (Wildman–Crippen MR) is 103 cm³/mol. The Hall–Kier alpha value is -3.35. The first-order valence-electron chi connectivity index (χ1n) is 8.67. The highest BCUT2D eigenvalue weighted by atomic mass is 16.5. The highest BCUT2D eigenvalue weighted by molar-refractivity contribution is 6.06. The van der Waals surface area contributed by atoms with E-state index in [0.717, 1.165) is 0 Å². The van der Waals surface area contributed by atoms with Crippen LogP contribution in [0.3, 0.4) is 0 Å².